The van der Waals surface area contributed by atoms with E-state index in [-0.39, 0.29) is 0 Å². The van der Waals surface area contributed by atoms with Crippen LogP contribution in [0.4, 0.5) is 0 Å². The van der Waals surface area contributed by atoms with E-state index in [1.54, 1.807) is 0 Å². The highest BCUT2D eigenvalue weighted by Gasteiger charge is 2.27. The molecule has 0 amide bonds. The van der Waals surface area contributed by atoms with Crippen LogP contribution in [0.5, 0.6) is 0 Å². The second kappa shape index (κ2) is 41.1. The predicted molar refractivity (Wildman–Crippen MR) is 435 cm³/mol. The summed E-state index contributed by atoms with van der Waals surface area (Å²) >= 11 is 0. The highest BCUT2D eigenvalue weighted by molar-refractivity contribution is 5.86. The molecule has 0 spiro atoms. The van der Waals surface area contributed by atoms with Crippen LogP contribution in [0.25, 0.3) is 89.5 Å². The largest absolute Gasteiger partial charge is 0.212 e. The highest BCUT2D eigenvalue weighted by atomic mass is 14.9. The van der Waals surface area contributed by atoms with Gasteiger partial charge in [0.2, 0.25) is 22.8 Å². The van der Waals surface area contributed by atoms with Crippen LogP contribution >= 0.6 is 0 Å². The molecule has 0 saturated heterocycles. The summed E-state index contributed by atoms with van der Waals surface area (Å²) < 4.78 is 8.76. The van der Waals surface area contributed by atoms with Crippen LogP contribution in [-0.2, 0) is 53.9 Å². The molecule has 8 aromatic carbocycles. The van der Waals surface area contributed by atoms with Gasteiger partial charge in [-0.3, -0.25) is 0 Å². The number of hydrogen-bond donors (Lipinski definition) is 0. The van der Waals surface area contributed by atoms with Gasteiger partial charge >= 0.3 is 0 Å². The van der Waals surface area contributed by atoms with E-state index in [9.17, 15) is 0 Å². The van der Waals surface area contributed by atoms with Gasteiger partial charge in [-0.1, -0.05) is 232 Å². The molecule has 4 heterocycles. The summed E-state index contributed by atoms with van der Waals surface area (Å²) in [6.45, 7) is 40.9. The number of hydrogen-bond acceptors (Lipinski definition) is 0. The number of pyridine rings is 4. The molecule has 4 aliphatic rings. The highest BCUT2D eigenvalue weighted by Crippen LogP contribution is 2.44. The smallest absolute Gasteiger partial charge is 0.201 e. The van der Waals surface area contributed by atoms with Crippen LogP contribution in [0.3, 0.4) is 0 Å². The molecule has 0 bridgehead atoms. The average molecular weight is 1330 g/mol. The Morgan fingerprint density at radius 1 is 0.210 bits per heavy atom. The summed E-state index contributed by atoms with van der Waals surface area (Å²) in [5.41, 5.74) is 38.8. The van der Waals surface area contributed by atoms with Gasteiger partial charge in [0.05, 0.1) is 0 Å². The number of aromatic nitrogens is 4. The van der Waals surface area contributed by atoms with Gasteiger partial charge in [0.15, 0.2) is 24.8 Å². The zero-order valence-electron chi connectivity index (χ0n) is 65.7. The lowest BCUT2D eigenvalue weighted by molar-refractivity contribution is -0.660. The molecular weight excluding hydrogens is 1210 g/mol. The van der Waals surface area contributed by atoms with Gasteiger partial charge in [-0.25, -0.2) is 18.3 Å². The summed E-state index contributed by atoms with van der Waals surface area (Å²) in [5.74, 6) is 0. The lowest BCUT2D eigenvalue weighted by Crippen LogP contribution is -2.30. The van der Waals surface area contributed by atoms with E-state index in [0.717, 1.165) is 25.7 Å². The van der Waals surface area contributed by atoms with Crippen LogP contribution < -0.4 is 18.3 Å². The number of aryl methyl sites for hydroxylation is 6. The van der Waals surface area contributed by atoms with Crippen molar-refractivity contribution in [2.75, 3.05) is 0 Å². The fourth-order valence-electron chi connectivity index (χ4n) is 13.7. The first-order valence-corrected chi connectivity index (χ1v) is 37.6. The zero-order valence-corrected chi connectivity index (χ0v) is 65.7. The molecule has 0 fully saturated rings. The minimum Gasteiger partial charge on any atom is -0.201 e. The fourth-order valence-corrected chi connectivity index (χ4v) is 13.7. The van der Waals surface area contributed by atoms with Crippen molar-refractivity contribution < 1.29 is 18.3 Å². The summed E-state index contributed by atoms with van der Waals surface area (Å²) in [6.07, 6.45) is 12.7. The van der Waals surface area contributed by atoms with Gasteiger partial charge in [-0.2, -0.15) is 0 Å². The molecule has 0 aliphatic heterocycles. The number of benzene rings is 8. The van der Waals surface area contributed by atoms with E-state index in [0.29, 0.717) is 0 Å². The fraction of sp³-hybridized carbons (Fsp3) is 0.292. The van der Waals surface area contributed by atoms with Gasteiger partial charge in [0.1, 0.15) is 28.2 Å². The molecule has 520 valence electrons. The first kappa shape index (κ1) is 81.0. The van der Waals surface area contributed by atoms with Gasteiger partial charge < -0.3 is 0 Å². The van der Waals surface area contributed by atoms with Crippen molar-refractivity contribution in [3.05, 3.63) is 310 Å². The van der Waals surface area contributed by atoms with E-state index in [4.69, 9.17) is 0 Å². The number of rotatable bonds is 4. The van der Waals surface area contributed by atoms with E-state index < -0.39 is 0 Å². The Bertz CT molecular complexity index is 4450. The lowest BCUT2D eigenvalue weighted by Gasteiger charge is -2.10. The molecule has 4 heteroatoms. The Balaban J connectivity index is 0.000000225. The molecule has 12 aromatic rings. The van der Waals surface area contributed by atoms with Crippen molar-refractivity contribution in [2.45, 2.75) is 164 Å². The van der Waals surface area contributed by atoms with Crippen molar-refractivity contribution in [1.82, 2.24) is 0 Å². The van der Waals surface area contributed by atoms with Gasteiger partial charge in [-0.15, -0.1) is 0 Å². The van der Waals surface area contributed by atoms with E-state index in [1.165, 1.54) is 156 Å². The monoisotopic (exact) mass is 1330 g/mol. The Labute approximate surface area is 606 Å². The molecule has 0 radical (unpaired) electrons. The molecular formula is C96H120N4+4. The van der Waals surface area contributed by atoms with E-state index in [2.05, 4.69) is 317 Å². The normalized spacial score (nSPS) is 10.6. The minimum absolute atomic E-state index is 1.05. The second-order valence-electron chi connectivity index (χ2n) is 23.3. The van der Waals surface area contributed by atoms with E-state index >= 15 is 0 Å². The maximum atomic E-state index is 2.38. The molecule has 100 heavy (non-hydrogen) atoms. The Morgan fingerprint density at radius 3 is 0.950 bits per heavy atom. The summed E-state index contributed by atoms with van der Waals surface area (Å²) in [7, 11) is 8.43. The van der Waals surface area contributed by atoms with Crippen molar-refractivity contribution in [3.63, 3.8) is 0 Å². The molecule has 4 aliphatic carbocycles. The molecule has 0 saturated carbocycles. The first-order valence-electron chi connectivity index (χ1n) is 37.6. The molecule has 0 unspecified atom stereocenters. The molecule has 16 rings (SSSR count). The van der Waals surface area contributed by atoms with Gasteiger partial charge in [-0.05, 0) is 213 Å². The summed E-state index contributed by atoms with van der Waals surface area (Å²) in [6, 6.07) is 79.1. The second-order valence-corrected chi connectivity index (χ2v) is 23.3. The van der Waals surface area contributed by atoms with Crippen LogP contribution in [-0.4, -0.2) is 0 Å². The van der Waals surface area contributed by atoms with Gasteiger partial charge in [0.25, 0.3) is 0 Å². The number of fused-ring (bicyclic) bond motifs is 12. The zero-order chi connectivity index (χ0) is 73.6. The summed E-state index contributed by atoms with van der Waals surface area (Å²) in [4.78, 5) is 0. The summed E-state index contributed by atoms with van der Waals surface area (Å²) in [5, 5.41) is 0. The van der Waals surface area contributed by atoms with Crippen molar-refractivity contribution in [1.29, 1.82) is 0 Å². The van der Waals surface area contributed by atoms with Crippen LogP contribution in [0, 0.1) is 27.7 Å². The minimum atomic E-state index is 1.05. The van der Waals surface area contributed by atoms with Crippen LogP contribution in [0.15, 0.2) is 243 Å². The van der Waals surface area contributed by atoms with E-state index in [1.807, 2.05) is 111 Å². The molecule has 4 aromatic heterocycles. The van der Waals surface area contributed by atoms with Gasteiger partial charge in [0, 0.05) is 70.8 Å². The Hall–Kier alpha value is -9.64. The van der Waals surface area contributed by atoms with Crippen molar-refractivity contribution in [3.8, 4) is 89.5 Å². The average Bonchev–Trinajstić information content (AvgIpc) is 1.62. The molecule has 0 N–H and O–H groups in total. The Morgan fingerprint density at radius 2 is 0.510 bits per heavy atom. The maximum Gasteiger partial charge on any atom is 0.212 e. The maximum absolute atomic E-state index is 2.38. The quantitative estimate of drug-likeness (QED) is 0.156. The third-order valence-corrected chi connectivity index (χ3v) is 18.1. The topological polar surface area (TPSA) is 15.5 Å². The van der Waals surface area contributed by atoms with Crippen molar-refractivity contribution in [2.24, 2.45) is 28.2 Å². The third kappa shape index (κ3) is 18.2. The Kier molecular flexibility index (Phi) is 33.3. The third-order valence-electron chi connectivity index (χ3n) is 18.1. The molecule has 4 nitrogen and oxygen atoms in total. The van der Waals surface area contributed by atoms with Crippen LogP contribution in [0.2, 0.25) is 0 Å². The first-order chi connectivity index (χ1) is 49.0. The predicted octanol–water partition coefficient (Wildman–Crippen LogP) is 24.4. The standard InChI is InChI=1S/4C20H18N.8C2H6/c1-14-16(20-9-5-6-12-21(20)2)10-11-18-17-8-4-3-7-15(17)13-19(14)18;1-14-17(19-9-5-6-12-21(19)2)11-10-16-13-15-7-3-4-8-18(15)20(14)16;1-14-11-19-16(12-15-7-3-4-8-17(15)19)13-18(14)20-9-5-6-10-21(20)2;1-14-11-16-12-15-7-3-4-8-17(15)19(16)13-18(14)20-9-5-6-10-21(20)2;8*1-2/h2*3-12H,13H2,1-2H3;2*3-11,13H,12H2,1-2H3;8*1-2H3/q4*+1;;;;;;;;. The van der Waals surface area contributed by atoms with Crippen LogP contribution in [0.1, 0.15) is 178 Å². The SMILES string of the molecule is CC.CC.CC.CC.CC.CC.CC.CC.Cc1c(-c2cccc[n+]2C)ccc2c1-c1ccccc1C2.Cc1c(-c2cccc[n+]2C)ccc2c1Cc1ccccc1-2.Cc1cc2c(cc1-c1cccc[n+]1C)-c1ccccc1C2.Cc1cc2c(cc1-c1cccc[n+]1C)Cc1ccccc1-2. The molecule has 0 atom stereocenters. The lowest BCUT2D eigenvalue weighted by atomic mass is 9.94. The number of nitrogens with zero attached hydrogens (tertiary/aromatic N) is 4. The van der Waals surface area contributed by atoms with Crippen molar-refractivity contribution >= 4 is 0 Å².